The van der Waals surface area contributed by atoms with E-state index < -0.39 is 17.9 Å². The third kappa shape index (κ3) is 5.13. The van der Waals surface area contributed by atoms with Gasteiger partial charge in [0.25, 0.3) is 5.91 Å². The molecule has 0 aliphatic carbocycles. The number of hydrogen-bond acceptors (Lipinski definition) is 3. The van der Waals surface area contributed by atoms with Crippen LogP contribution in [0.25, 0.3) is 0 Å². The minimum atomic E-state index is -0.612. The number of rotatable bonds is 6. The second-order valence-electron chi connectivity index (χ2n) is 6.26. The van der Waals surface area contributed by atoms with Crippen LogP contribution in [0.1, 0.15) is 27.8 Å². The number of aryl methyl sites for hydroxylation is 1. The van der Waals surface area contributed by atoms with Gasteiger partial charge in [0.2, 0.25) is 5.91 Å². The van der Waals surface area contributed by atoms with Gasteiger partial charge in [0.1, 0.15) is 17.7 Å². The number of halogens is 3. The lowest BCUT2D eigenvalue weighted by Crippen LogP contribution is -2.39. The van der Waals surface area contributed by atoms with E-state index in [4.69, 9.17) is 23.2 Å². The van der Waals surface area contributed by atoms with E-state index in [0.29, 0.717) is 16.4 Å². The van der Waals surface area contributed by atoms with Crippen LogP contribution >= 0.6 is 23.2 Å². The summed E-state index contributed by atoms with van der Waals surface area (Å²) in [5.74, 6) is -0.763. The van der Waals surface area contributed by atoms with Gasteiger partial charge in [-0.15, -0.1) is 0 Å². The highest BCUT2D eigenvalue weighted by molar-refractivity contribution is 6.36. The van der Waals surface area contributed by atoms with Crippen LogP contribution in [-0.2, 0) is 11.8 Å². The zero-order chi connectivity index (χ0) is 21.0. The average molecular weight is 435 g/mol. The second kappa shape index (κ2) is 9.07. The Bertz CT molecular complexity index is 1040. The molecule has 1 atom stereocenters. The summed E-state index contributed by atoms with van der Waals surface area (Å²) in [4.78, 5) is 29.0. The van der Waals surface area contributed by atoms with Crippen LogP contribution in [0.5, 0.6) is 0 Å². The number of imidazole rings is 1. The molecular formula is C20H17Cl2FN4O2. The fraction of sp³-hybridized carbons (Fsp3) is 0.150. The predicted octanol–water partition coefficient (Wildman–Crippen LogP) is 3.50. The molecule has 0 radical (unpaired) electrons. The third-order valence-electron chi connectivity index (χ3n) is 4.21. The number of benzene rings is 2. The molecular weight excluding hydrogens is 418 g/mol. The van der Waals surface area contributed by atoms with Gasteiger partial charge in [-0.05, 0) is 35.9 Å². The van der Waals surface area contributed by atoms with E-state index in [1.54, 1.807) is 36.1 Å². The van der Waals surface area contributed by atoms with Crippen molar-refractivity contribution in [2.45, 2.75) is 6.04 Å². The highest BCUT2D eigenvalue weighted by Crippen LogP contribution is 2.22. The first-order valence-corrected chi connectivity index (χ1v) is 9.36. The molecule has 9 heteroatoms. The van der Waals surface area contributed by atoms with Crippen LogP contribution in [0.3, 0.4) is 0 Å². The first kappa shape index (κ1) is 20.8. The molecule has 0 aliphatic rings. The molecule has 0 saturated carbocycles. The molecule has 0 fully saturated rings. The Hall–Kier alpha value is -2.90. The van der Waals surface area contributed by atoms with E-state index in [1.165, 1.54) is 30.3 Å². The van der Waals surface area contributed by atoms with Gasteiger partial charge >= 0.3 is 0 Å². The Morgan fingerprint density at radius 3 is 2.52 bits per heavy atom. The quantitative estimate of drug-likeness (QED) is 0.623. The molecule has 2 amide bonds. The topological polar surface area (TPSA) is 76.0 Å². The molecule has 150 valence electrons. The van der Waals surface area contributed by atoms with Crippen LogP contribution < -0.4 is 10.6 Å². The molecule has 29 heavy (non-hydrogen) atoms. The molecule has 2 aromatic carbocycles. The molecule has 0 bridgehead atoms. The number of nitrogens with zero attached hydrogens (tertiary/aromatic N) is 2. The summed E-state index contributed by atoms with van der Waals surface area (Å²) in [6.07, 6.45) is 3.34. The van der Waals surface area contributed by atoms with Gasteiger partial charge in [0.05, 0.1) is 17.1 Å². The summed E-state index contributed by atoms with van der Waals surface area (Å²) >= 11 is 11.8. The van der Waals surface area contributed by atoms with Gasteiger partial charge in [-0.1, -0.05) is 35.3 Å². The van der Waals surface area contributed by atoms with Crippen molar-refractivity contribution < 1.29 is 14.0 Å². The number of carbonyl (C=O) groups is 2. The smallest absolute Gasteiger partial charge is 0.253 e. The zero-order valence-electron chi connectivity index (χ0n) is 15.3. The first-order chi connectivity index (χ1) is 13.8. The van der Waals surface area contributed by atoms with Crippen molar-refractivity contribution in [3.05, 3.63) is 87.7 Å². The SMILES string of the molecule is Cn1ccnc1C(NC(=O)CNC(=O)c1ccc(Cl)cc1Cl)c1ccc(F)cc1. The average Bonchev–Trinajstić information content (AvgIpc) is 3.10. The molecule has 2 N–H and O–H groups in total. The fourth-order valence-corrected chi connectivity index (χ4v) is 3.24. The van der Waals surface area contributed by atoms with E-state index >= 15 is 0 Å². The summed E-state index contributed by atoms with van der Waals surface area (Å²) in [6, 6.07) is 9.61. The van der Waals surface area contributed by atoms with E-state index in [1.807, 2.05) is 0 Å². The largest absolute Gasteiger partial charge is 0.343 e. The normalized spacial score (nSPS) is 11.7. The van der Waals surface area contributed by atoms with Crippen LogP contribution in [0.15, 0.2) is 54.9 Å². The fourth-order valence-electron chi connectivity index (χ4n) is 2.75. The molecule has 0 aliphatic heterocycles. The lowest BCUT2D eigenvalue weighted by atomic mass is 10.1. The minimum absolute atomic E-state index is 0.188. The van der Waals surface area contributed by atoms with E-state index in [0.717, 1.165) is 0 Å². The molecule has 0 spiro atoms. The van der Waals surface area contributed by atoms with Crippen molar-refractivity contribution in [2.24, 2.45) is 7.05 Å². The molecule has 1 unspecified atom stereocenters. The Labute approximate surface area is 176 Å². The number of carbonyl (C=O) groups excluding carboxylic acids is 2. The highest BCUT2D eigenvalue weighted by Gasteiger charge is 2.21. The van der Waals surface area contributed by atoms with Gasteiger partial charge in [-0.25, -0.2) is 9.37 Å². The standard InChI is InChI=1S/C20H17Cl2FN4O2/c1-27-9-8-24-19(27)18(12-2-5-14(23)6-3-12)26-17(28)11-25-20(29)15-7-4-13(21)10-16(15)22/h2-10,18H,11H2,1H3,(H,25,29)(H,26,28). The maximum absolute atomic E-state index is 13.3. The lowest BCUT2D eigenvalue weighted by molar-refractivity contribution is -0.120. The number of amides is 2. The van der Waals surface area contributed by atoms with Crippen molar-refractivity contribution in [3.8, 4) is 0 Å². The van der Waals surface area contributed by atoms with Crippen molar-refractivity contribution >= 4 is 35.0 Å². The molecule has 1 aromatic heterocycles. The van der Waals surface area contributed by atoms with Gasteiger partial charge in [-0.2, -0.15) is 0 Å². The second-order valence-corrected chi connectivity index (χ2v) is 7.10. The third-order valence-corrected chi connectivity index (χ3v) is 4.76. The molecule has 1 heterocycles. The van der Waals surface area contributed by atoms with Crippen LogP contribution in [-0.4, -0.2) is 27.9 Å². The van der Waals surface area contributed by atoms with Gasteiger partial charge < -0.3 is 15.2 Å². The van der Waals surface area contributed by atoms with Gasteiger partial charge in [-0.3, -0.25) is 9.59 Å². The molecule has 0 saturated heterocycles. The summed E-state index contributed by atoms with van der Waals surface area (Å²) in [5.41, 5.74) is 0.865. The van der Waals surface area contributed by atoms with Crippen molar-refractivity contribution in [1.29, 1.82) is 0 Å². The van der Waals surface area contributed by atoms with Crippen molar-refractivity contribution in [1.82, 2.24) is 20.2 Å². The minimum Gasteiger partial charge on any atom is -0.343 e. The zero-order valence-corrected chi connectivity index (χ0v) is 16.8. The van der Waals surface area contributed by atoms with E-state index in [2.05, 4.69) is 15.6 Å². The Kier molecular flexibility index (Phi) is 6.51. The van der Waals surface area contributed by atoms with Crippen molar-refractivity contribution in [2.75, 3.05) is 6.54 Å². The Balaban J connectivity index is 1.71. The Morgan fingerprint density at radius 1 is 1.17 bits per heavy atom. The van der Waals surface area contributed by atoms with Gasteiger partial charge in [0.15, 0.2) is 0 Å². The van der Waals surface area contributed by atoms with Crippen molar-refractivity contribution in [3.63, 3.8) is 0 Å². The van der Waals surface area contributed by atoms with Crippen LogP contribution in [0, 0.1) is 5.82 Å². The van der Waals surface area contributed by atoms with Crippen LogP contribution in [0.4, 0.5) is 4.39 Å². The summed E-state index contributed by atoms with van der Waals surface area (Å²) < 4.78 is 15.0. The lowest BCUT2D eigenvalue weighted by Gasteiger charge is -2.19. The summed E-state index contributed by atoms with van der Waals surface area (Å²) in [6.45, 7) is -0.278. The number of nitrogens with one attached hydrogen (secondary N) is 2. The first-order valence-electron chi connectivity index (χ1n) is 8.60. The van der Waals surface area contributed by atoms with Gasteiger partial charge in [0, 0.05) is 24.5 Å². The molecule has 3 rings (SSSR count). The maximum atomic E-state index is 13.3. The number of aromatic nitrogens is 2. The molecule has 6 nitrogen and oxygen atoms in total. The summed E-state index contributed by atoms with van der Waals surface area (Å²) in [5, 5.41) is 5.92. The van der Waals surface area contributed by atoms with E-state index in [-0.39, 0.29) is 22.9 Å². The highest BCUT2D eigenvalue weighted by atomic mass is 35.5. The summed E-state index contributed by atoms with van der Waals surface area (Å²) in [7, 11) is 1.79. The monoisotopic (exact) mass is 434 g/mol. The Morgan fingerprint density at radius 2 is 1.90 bits per heavy atom. The molecule has 3 aromatic rings. The number of hydrogen-bond donors (Lipinski definition) is 2. The maximum Gasteiger partial charge on any atom is 0.253 e. The van der Waals surface area contributed by atoms with Crippen LogP contribution in [0.2, 0.25) is 10.0 Å². The van der Waals surface area contributed by atoms with E-state index in [9.17, 15) is 14.0 Å². The predicted molar refractivity (Wildman–Crippen MR) is 108 cm³/mol.